The van der Waals surface area contributed by atoms with Gasteiger partial charge in [0, 0.05) is 38.8 Å². The number of methoxy groups -OCH3 is 1. The topological polar surface area (TPSA) is 80.5 Å². The summed E-state index contributed by atoms with van der Waals surface area (Å²) in [6, 6.07) is 1.80. The molecule has 2 rings (SSSR count). The number of aryl methyl sites for hydroxylation is 2. The molecular weight excluding hydrogens is 272 g/mol. The van der Waals surface area contributed by atoms with Gasteiger partial charge in [-0.05, 0) is 13.0 Å². The number of pyridine rings is 1. The molecule has 114 valence electrons. The number of aromatic nitrogens is 3. The highest BCUT2D eigenvalue weighted by molar-refractivity contribution is 5.97. The number of aliphatic hydroxyl groups is 1. The van der Waals surface area contributed by atoms with Crippen LogP contribution < -0.4 is 0 Å². The summed E-state index contributed by atoms with van der Waals surface area (Å²) in [5, 5.41) is 14.2. The van der Waals surface area contributed by atoms with Gasteiger partial charge in [-0.25, -0.2) is 4.98 Å². The minimum atomic E-state index is -0.168. The lowest BCUT2D eigenvalue weighted by Crippen LogP contribution is -2.36. The van der Waals surface area contributed by atoms with Crippen molar-refractivity contribution in [1.29, 1.82) is 0 Å². The van der Waals surface area contributed by atoms with Gasteiger partial charge in [0.25, 0.3) is 5.91 Å². The molecule has 7 heteroatoms. The maximum absolute atomic E-state index is 12.5. The Hall–Kier alpha value is -1.99. The van der Waals surface area contributed by atoms with E-state index in [1.54, 1.807) is 29.0 Å². The third-order valence-electron chi connectivity index (χ3n) is 3.33. The van der Waals surface area contributed by atoms with E-state index in [0.29, 0.717) is 18.7 Å². The molecule has 7 nitrogen and oxygen atoms in total. The van der Waals surface area contributed by atoms with Crippen LogP contribution in [-0.4, -0.2) is 64.1 Å². The summed E-state index contributed by atoms with van der Waals surface area (Å²) in [6.45, 7) is 2.92. The van der Waals surface area contributed by atoms with Gasteiger partial charge in [-0.2, -0.15) is 5.10 Å². The molecular formula is C14H20N4O3. The molecule has 0 fully saturated rings. The van der Waals surface area contributed by atoms with E-state index in [2.05, 4.69) is 10.1 Å². The predicted molar refractivity (Wildman–Crippen MR) is 78.1 cm³/mol. The molecule has 0 spiro atoms. The first-order valence-corrected chi connectivity index (χ1v) is 6.77. The van der Waals surface area contributed by atoms with Crippen LogP contribution in [0.5, 0.6) is 0 Å². The Bertz CT molecular complexity index is 638. The number of carbonyl (C=O) groups is 1. The van der Waals surface area contributed by atoms with Gasteiger partial charge >= 0.3 is 0 Å². The van der Waals surface area contributed by atoms with E-state index in [-0.39, 0.29) is 19.1 Å². The molecule has 0 saturated carbocycles. The molecule has 1 amide bonds. The molecule has 2 heterocycles. The molecule has 0 unspecified atom stereocenters. The summed E-state index contributed by atoms with van der Waals surface area (Å²) >= 11 is 0. The quantitative estimate of drug-likeness (QED) is 0.831. The van der Waals surface area contributed by atoms with Crippen molar-refractivity contribution >= 4 is 16.9 Å². The second-order valence-corrected chi connectivity index (χ2v) is 4.81. The van der Waals surface area contributed by atoms with E-state index in [9.17, 15) is 4.79 Å². The van der Waals surface area contributed by atoms with Gasteiger partial charge in [0.05, 0.1) is 24.5 Å². The summed E-state index contributed by atoms with van der Waals surface area (Å²) in [5.74, 6) is -0.168. The lowest BCUT2D eigenvalue weighted by molar-refractivity contribution is 0.0656. The van der Waals surface area contributed by atoms with Crippen molar-refractivity contribution in [2.75, 3.05) is 33.4 Å². The lowest BCUT2D eigenvalue weighted by Gasteiger charge is -2.21. The molecule has 21 heavy (non-hydrogen) atoms. The Labute approximate surface area is 123 Å². The minimum Gasteiger partial charge on any atom is -0.395 e. The van der Waals surface area contributed by atoms with Crippen molar-refractivity contribution in [3.63, 3.8) is 0 Å². The number of ether oxygens (including phenoxy) is 1. The molecule has 0 radical (unpaired) electrons. The van der Waals surface area contributed by atoms with E-state index in [0.717, 1.165) is 16.7 Å². The van der Waals surface area contributed by atoms with Crippen LogP contribution in [0, 0.1) is 6.92 Å². The normalized spacial score (nSPS) is 11.0. The SMILES string of the molecule is COCCN(CCO)C(=O)c1cnc2c(c1)c(C)nn2C. The summed E-state index contributed by atoms with van der Waals surface area (Å²) in [6.07, 6.45) is 1.54. The Balaban J connectivity index is 2.30. The van der Waals surface area contributed by atoms with Gasteiger partial charge < -0.3 is 14.7 Å². The number of hydrogen-bond acceptors (Lipinski definition) is 5. The first-order valence-electron chi connectivity index (χ1n) is 6.77. The zero-order valence-corrected chi connectivity index (χ0v) is 12.5. The van der Waals surface area contributed by atoms with Crippen molar-refractivity contribution in [3.8, 4) is 0 Å². The largest absolute Gasteiger partial charge is 0.395 e. The van der Waals surface area contributed by atoms with Crippen LogP contribution >= 0.6 is 0 Å². The Kier molecular flexibility index (Phi) is 4.87. The maximum atomic E-state index is 12.5. The third-order valence-corrected chi connectivity index (χ3v) is 3.33. The molecule has 0 aromatic carbocycles. The number of rotatable bonds is 6. The summed E-state index contributed by atoms with van der Waals surface area (Å²) in [5.41, 5.74) is 2.07. The highest BCUT2D eigenvalue weighted by Crippen LogP contribution is 2.17. The highest BCUT2D eigenvalue weighted by atomic mass is 16.5. The zero-order chi connectivity index (χ0) is 15.4. The fraction of sp³-hybridized carbons (Fsp3) is 0.500. The third kappa shape index (κ3) is 3.20. The summed E-state index contributed by atoms with van der Waals surface area (Å²) in [4.78, 5) is 18.4. The number of hydrogen-bond donors (Lipinski definition) is 1. The van der Waals surface area contributed by atoms with Crippen LogP contribution in [0.2, 0.25) is 0 Å². The number of amides is 1. The Morgan fingerprint density at radius 2 is 2.24 bits per heavy atom. The van der Waals surface area contributed by atoms with Crippen molar-refractivity contribution in [1.82, 2.24) is 19.7 Å². The van der Waals surface area contributed by atoms with Gasteiger partial charge in [0.1, 0.15) is 0 Å². The van der Waals surface area contributed by atoms with Crippen LogP contribution in [0.25, 0.3) is 11.0 Å². The number of nitrogens with zero attached hydrogens (tertiary/aromatic N) is 4. The average Bonchev–Trinajstić information content (AvgIpc) is 2.77. The number of fused-ring (bicyclic) bond motifs is 1. The predicted octanol–water partition coefficient (Wildman–Crippen LogP) is 0.358. The van der Waals surface area contributed by atoms with Crippen molar-refractivity contribution < 1.29 is 14.6 Å². The fourth-order valence-corrected chi connectivity index (χ4v) is 2.24. The van der Waals surface area contributed by atoms with Gasteiger partial charge in [0.15, 0.2) is 5.65 Å². The lowest BCUT2D eigenvalue weighted by atomic mass is 10.2. The number of carbonyl (C=O) groups excluding carboxylic acids is 1. The molecule has 1 N–H and O–H groups in total. The molecule has 0 bridgehead atoms. The first-order chi connectivity index (χ1) is 10.1. The van der Waals surface area contributed by atoms with Crippen molar-refractivity contribution in [2.45, 2.75) is 6.92 Å². The van der Waals surface area contributed by atoms with Gasteiger partial charge in [-0.3, -0.25) is 9.48 Å². The highest BCUT2D eigenvalue weighted by Gasteiger charge is 2.17. The van der Waals surface area contributed by atoms with Gasteiger partial charge in [-0.15, -0.1) is 0 Å². The zero-order valence-electron chi connectivity index (χ0n) is 12.5. The molecule has 0 aliphatic carbocycles. The fourth-order valence-electron chi connectivity index (χ4n) is 2.24. The van der Waals surface area contributed by atoms with Crippen LogP contribution in [0.4, 0.5) is 0 Å². The van der Waals surface area contributed by atoms with E-state index < -0.39 is 0 Å². The summed E-state index contributed by atoms with van der Waals surface area (Å²) in [7, 11) is 3.40. The van der Waals surface area contributed by atoms with E-state index >= 15 is 0 Å². The monoisotopic (exact) mass is 292 g/mol. The van der Waals surface area contributed by atoms with Crippen molar-refractivity contribution in [3.05, 3.63) is 23.5 Å². The Morgan fingerprint density at radius 3 is 2.90 bits per heavy atom. The van der Waals surface area contributed by atoms with E-state index in [1.165, 1.54) is 0 Å². The molecule has 2 aromatic rings. The van der Waals surface area contributed by atoms with Crippen LogP contribution in [-0.2, 0) is 11.8 Å². The van der Waals surface area contributed by atoms with Crippen LogP contribution in [0.3, 0.4) is 0 Å². The smallest absolute Gasteiger partial charge is 0.255 e. The molecule has 2 aromatic heterocycles. The molecule has 0 aliphatic rings. The molecule has 0 atom stereocenters. The molecule has 0 saturated heterocycles. The van der Waals surface area contributed by atoms with Crippen LogP contribution in [0.15, 0.2) is 12.3 Å². The van der Waals surface area contributed by atoms with Gasteiger partial charge in [0.2, 0.25) is 0 Å². The second-order valence-electron chi connectivity index (χ2n) is 4.81. The number of aliphatic hydroxyl groups excluding tert-OH is 1. The standard InChI is InChI=1S/C14H20N4O3/c1-10-12-8-11(9-15-13(12)17(2)16-10)14(20)18(4-6-19)5-7-21-3/h8-9,19H,4-7H2,1-3H3. The first kappa shape index (κ1) is 15.4. The van der Waals surface area contributed by atoms with Crippen LogP contribution in [0.1, 0.15) is 16.1 Å². The average molecular weight is 292 g/mol. The van der Waals surface area contributed by atoms with E-state index in [4.69, 9.17) is 9.84 Å². The second kappa shape index (κ2) is 6.64. The summed E-state index contributed by atoms with van der Waals surface area (Å²) < 4.78 is 6.68. The van der Waals surface area contributed by atoms with E-state index in [1.807, 2.05) is 14.0 Å². The molecule has 0 aliphatic heterocycles. The Morgan fingerprint density at radius 1 is 1.48 bits per heavy atom. The maximum Gasteiger partial charge on any atom is 0.255 e. The van der Waals surface area contributed by atoms with Crippen molar-refractivity contribution in [2.24, 2.45) is 7.05 Å². The van der Waals surface area contributed by atoms with Gasteiger partial charge in [-0.1, -0.05) is 0 Å². The minimum absolute atomic E-state index is 0.0863.